The van der Waals surface area contributed by atoms with Crippen LogP contribution in [-0.2, 0) is 0 Å². The maximum absolute atomic E-state index is 10.0. The second-order valence-corrected chi connectivity index (χ2v) is 5.93. The fraction of sp³-hybridized carbons (Fsp3) is 0.600. The van der Waals surface area contributed by atoms with Gasteiger partial charge in [-0.15, -0.1) is 0 Å². The topological polar surface area (TPSA) is 20.2 Å². The second-order valence-electron chi connectivity index (χ2n) is 4.95. The Balaban J connectivity index is 1.87. The highest BCUT2D eigenvalue weighted by atomic mass is 32.2. The molecular formula is C15H22OS. The highest BCUT2D eigenvalue weighted by Crippen LogP contribution is 2.36. The first-order valence-electron chi connectivity index (χ1n) is 6.58. The van der Waals surface area contributed by atoms with Gasteiger partial charge >= 0.3 is 0 Å². The molecule has 0 amide bonds. The molecule has 2 rings (SSSR count). The van der Waals surface area contributed by atoms with Crippen molar-refractivity contribution in [1.29, 1.82) is 0 Å². The van der Waals surface area contributed by atoms with E-state index >= 15 is 0 Å². The molecule has 1 aliphatic rings. The van der Waals surface area contributed by atoms with E-state index in [0.717, 1.165) is 30.1 Å². The van der Waals surface area contributed by atoms with Crippen molar-refractivity contribution in [3.05, 3.63) is 35.4 Å². The molecule has 1 nitrogen and oxygen atoms in total. The predicted octanol–water partition coefficient (Wildman–Crippen LogP) is 4.13. The van der Waals surface area contributed by atoms with Gasteiger partial charge in [0, 0.05) is 0 Å². The molecule has 1 unspecified atom stereocenters. The van der Waals surface area contributed by atoms with Crippen molar-refractivity contribution in [2.24, 2.45) is 0 Å². The van der Waals surface area contributed by atoms with Crippen molar-refractivity contribution in [1.82, 2.24) is 0 Å². The van der Waals surface area contributed by atoms with Gasteiger partial charge in [0.2, 0.25) is 0 Å². The van der Waals surface area contributed by atoms with Crippen LogP contribution >= 0.6 is 11.8 Å². The van der Waals surface area contributed by atoms with Crippen molar-refractivity contribution in [3.8, 4) is 0 Å². The number of rotatable bonds is 6. The summed E-state index contributed by atoms with van der Waals surface area (Å²) in [4.78, 5) is 0. The summed E-state index contributed by atoms with van der Waals surface area (Å²) in [5, 5.41) is 10.0. The molecule has 0 aromatic heterocycles. The smallest absolute Gasteiger partial charge is 0.0790 e. The number of aliphatic hydroxyl groups is 1. The molecule has 0 heterocycles. The van der Waals surface area contributed by atoms with Gasteiger partial charge in [0.1, 0.15) is 0 Å². The third-order valence-electron chi connectivity index (χ3n) is 3.72. The number of benzene rings is 1. The summed E-state index contributed by atoms with van der Waals surface area (Å²) < 4.78 is 0. The zero-order valence-electron chi connectivity index (χ0n) is 10.6. The standard InChI is InChI=1S/C15H22OS/c1-17-11-3-6-15(16)14-9-7-13(8-10-14)12-4-2-5-12/h7-10,12,15-16H,2-6,11H2,1H3. The molecule has 0 saturated heterocycles. The summed E-state index contributed by atoms with van der Waals surface area (Å²) >= 11 is 1.84. The van der Waals surface area contributed by atoms with E-state index in [0.29, 0.717) is 0 Å². The first-order chi connectivity index (χ1) is 8.31. The lowest BCUT2D eigenvalue weighted by molar-refractivity contribution is 0.167. The first kappa shape index (κ1) is 13.0. The van der Waals surface area contributed by atoms with Crippen LogP contribution in [0.15, 0.2) is 24.3 Å². The zero-order valence-corrected chi connectivity index (χ0v) is 11.4. The quantitative estimate of drug-likeness (QED) is 0.766. The molecule has 0 spiro atoms. The van der Waals surface area contributed by atoms with Crippen LogP contribution in [0.3, 0.4) is 0 Å². The van der Waals surface area contributed by atoms with Gasteiger partial charge in [-0.25, -0.2) is 0 Å². The van der Waals surface area contributed by atoms with Crippen LogP contribution in [0.25, 0.3) is 0 Å². The molecule has 1 aliphatic carbocycles. The van der Waals surface area contributed by atoms with E-state index in [9.17, 15) is 5.11 Å². The van der Waals surface area contributed by atoms with Gasteiger partial charge in [0.15, 0.2) is 0 Å². The van der Waals surface area contributed by atoms with Crippen LogP contribution in [0.4, 0.5) is 0 Å². The highest BCUT2D eigenvalue weighted by Gasteiger charge is 2.19. The Morgan fingerprint density at radius 1 is 1.29 bits per heavy atom. The number of aliphatic hydroxyl groups excluding tert-OH is 1. The molecule has 1 saturated carbocycles. The molecule has 0 radical (unpaired) electrons. The SMILES string of the molecule is CSCCCC(O)c1ccc(C2CCC2)cc1. The van der Waals surface area contributed by atoms with Crippen LogP contribution in [0.1, 0.15) is 55.3 Å². The minimum atomic E-state index is -0.280. The lowest BCUT2D eigenvalue weighted by Gasteiger charge is -2.26. The van der Waals surface area contributed by atoms with E-state index in [1.165, 1.54) is 24.8 Å². The van der Waals surface area contributed by atoms with Gasteiger partial charge in [-0.2, -0.15) is 11.8 Å². The molecular weight excluding hydrogens is 228 g/mol. The van der Waals surface area contributed by atoms with E-state index in [2.05, 4.69) is 30.5 Å². The molecule has 0 aliphatic heterocycles. The fourth-order valence-electron chi connectivity index (χ4n) is 2.32. The average molecular weight is 250 g/mol. The van der Waals surface area contributed by atoms with Crippen molar-refractivity contribution in [3.63, 3.8) is 0 Å². The van der Waals surface area contributed by atoms with Gasteiger partial charge in [-0.05, 0) is 54.7 Å². The number of thioether (sulfide) groups is 1. The van der Waals surface area contributed by atoms with Crippen LogP contribution in [0.2, 0.25) is 0 Å². The summed E-state index contributed by atoms with van der Waals surface area (Å²) in [7, 11) is 0. The average Bonchev–Trinajstić information content (AvgIpc) is 2.28. The van der Waals surface area contributed by atoms with E-state index < -0.39 is 0 Å². The second kappa shape index (κ2) is 6.46. The van der Waals surface area contributed by atoms with Crippen LogP contribution in [0, 0.1) is 0 Å². The summed E-state index contributed by atoms with van der Waals surface area (Å²) in [6, 6.07) is 8.63. The molecule has 1 fully saturated rings. The summed E-state index contributed by atoms with van der Waals surface area (Å²) in [6.45, 7) is 0. The van der Waals surface area contributed by atoms with Crippen molar-refractivity contribution < 1.29 is 5.11 Å². The Labute approximate surface area is 109 Å². The van der Waals surface area contributed by atoms with Crippen LogP contribution in [-0.4, -0.2) is 17.1 Å². The number of hydrogen-bond acceptors (Lipinski definition) is 2. The van der Waals surface area contributed by atoms with Crippen LogP contribution < -0.4 is 0 Å². The Bertz CT molecular complexity index is 329. The normalized spacial score (nSPS) is 17.8. The van der Waals surface area contributed by atoms with Gasteiger partial charge in [-0.1, -0.05) is 30.7 Å². The maximum Gasteiger partial charge on any atom is 0.0790 e. The minimum Gasteiger partial charge on any atom is -0.388 e. The largest absolute Gasteiger partial charge is 0.388 e. The summed E-state index contributed by atoms with van der Waals surface area (Å²) in [6.07, 6.45) is 7.86. The van der Waals surface area contributed by atoms with Crippen molar-refractivity contribution in [2.75, 3.05) is 12.0 Å². The van der Waals surface area contributed by atoms with E-state index in [-0.39, 0.29) is 6.10 Å². The van der Waals surface area contributed by atoms with Gasteiger partial charge in [-0.3, -0.25) is 0 Å². The lowest BCUT2D eigenvalue weighted by Crippen LogP contribution is -2.08. The Morgan fingerprint density at radius 3 is 2.53 bits per heavy atom. The van der Waals surface area contributed by atoms with Gasteiger partial charge in [0.25, 0.3) is 0 Å². The summed E-state index contributed by atoms with van der Waals surface area (Å²) in [5.74, 6) is 1.93. The van der Waals surface area contributed by atoms with Crippen molar-refractivity contribution in [2.45, 2.75) is 44.1 Å². The number of hydrogen-bond donors (Lipinski definition) is 1. The van der Waals surface area contributed by atoms with E-state index in [1.54, 1.807) is 0 Å². The van der Waals surface area contributed by atoms with E-state index in [1.807, 2.05) is 11.8 Å². The highest BCUT2D eigenvalue weighted by molar-refractivity contribution is 7.98. The minimum absolute atomic E-state index is 0.280. The van der Waals surface area contributed by atoms with Crippen LogP contribution in [0.5, 0.6) is 0 Å². The predicted molar refractivity (Wildman–Crippen MR) is 75.6 cm³/mol. The molecule has 2 heteroatoms. The van der Waals surface area contributed by atoms with Crippen molar-refractivity contribution >= 4 is 11.8 Å². The van der Waals surface area contributed by atoms with Gasteiger partial charge in [0.05, 0.1) is 6.10 Å². The fourth-order valence-corrected chi connectivity index (χ4v) is 2.77. The molecule has 17 heavy (non-hydrogen) atoms. The Hall–Kier alpha value is -0.470. The molecule has 1 aromatic rings. The third-order valence-corrected chi connectivity index (χ3v) is 4.42. The van der Waals surface area contributed by atoms with Gasteiger partial charge < -0.3 is 5.11 Å². The molecule has 94 valence electrons. The monoisotopic (exact) mass is 250 g/mol. The molecule has 1 N–H and O–H groups in total. The Kier molecular flexibility index (Phi) is 4.93. The molecule has 0 bridgehead atoms. The molecule has 1 atom stereocenters. The zero-order chi connectivity index (χ0) is 12.1. The summed E-state index contributed by atoms with van der Waals surface area (Å²) in [5.41, 5.74) is 2.53. The first-order valence-corrected chi connectivity index (χ1v) is 7.97. The van der Waals surface area contributed by atoms with E-state index in [4.69, 9.17) is 0 Å². The lowest BCUT2D eigenvalue weighted by atomic mass is 9.80. The Morgan fingerprint density at radius 2 is 2.00 bits per heavy atom. The molecule has 1 aromatic carbocycles. The maximum atomic E-state index is 10.0. The third kappa shape index (κ3) is 3.49.